The van der Waals surface area contributed by atoms with E-state index in [1.54, 1.807) is 0 Å². The summed E-state index contributed by atoms with van der Waals surface area (Å²) in [4.78, 5) is 0. The van der Waals surface area contributed by atoms with Gasteiger partial charge in [-0.25, -0.2) is 0 Å². The molecule has 0 rings (SSSR count). The molecule has 0 spiro atoms. The third-order valence-electron chi connectivity index (χ3n) is 3.47. The van der Waals surface area contributed by atoms with Crippen molar-refractivity contribution in [3.8, 4) is 0 Å². The summed E-state index contributed by atoms with van der Waals surface area (Å²) in [5.41, 5.74) is 0. The molecule has 0 bridgehead atoms. The molecule has 0 aliphatic rings. The number of hydrogen-bond donors (Lipinski definition) is 1. The number of unbranched alkanes of at least 4 members (excludes halogenated alkanes) is 3. The van der Waals surface area contributed by atoms with Gasteiger partial charge in [-0.15, -0.1) is 12.4 Å². The second-order valence-electron chi connectivity index (χ2n) is 5.04. The number of hydrogen-bond acceptors (Lipinski definition) is 1. The van der Waals surface area contributed by atoms with Crippen LogP contribution >= 0.6 is 19.7 Å². The highest BCUT2D eigenvalue weighted by atomic mass is 35.5. The van der Waals surface area contributed by atoms with Crippen molar-refractivity contribution in [2.75, 3.05) is 31.8 Å². The Bertz CT molecular complexity index is 152. The Morgan fingerprint density at radius 3 is 1.37 bits per heavy atom. The van der Waals surface area contributed by atoms with Gasteiger partial charge in [0.05, 0.1) is 24.6 Å². The number of aliphatic hydroxyl groups excluding tert-OH is 1. The van der Waals surface area contributed by atoms with Crippen LogP contribution in [-0.4, -0.2) is 36.9 Å². The Labute approximate surface area is 129 Å². The van der Waals surface area contributed by atoms with E-state index in [-0.39, 0.29) is 12.4 Å². The average Bonchev–Trinajstić information content (AvgIpc) is 2.43. The van der Waals surface area contributed by atoms with Gasteiger partial charge in [-0.1, -0.05) is 52.7 Å². The van der Waals surface area contributed by atoms with Gasteiger partial charge in [0.1, 0.15) is 0 Å². The summed E-state index contributed by atoms with van der Waals surface area (Å²) >= 11 is 0. The van der Waals surface area contributed by atoms with Crippen LogP contribution in [0.3, 0.4) is 0 Å². The van der Waals surface area contributed by atoms with Crippen LogP contribution in [0.1, 0.15) is 59.3 Å². The van der Waals surface area contributed by atoms with Crippen LogP contribution in [0, 0.1) is 0 Å². The molecule has 0 aromatic carbocycles. The molecule has 0 aromatic rings. The van der Waals surface area contributed by atoms with Crippen LogP contribution < -0.4 is 0 Å². The molecule has 3 heteroatoms. The highest BCUT2D eigenvalue weighted by molar-refractivity contribution is 7.76. The summed E-state index contributed by atoms with van der Waals surface area (Å²) in [6.07, 6.45) is 16.5. The fourth-order valence-electron chi connectivity index (χ4n) is 2.36. The van der Waals surface area contributed by atoms with Crippen molar-refractivity contribution < 1.29 is 5.11 Å². The molecular formula is C16H37ClOP+. The fraction of sp³-hybridized carbons (Fsp3) is 0.875. The minimum Gasteiger partial charge on any atom is -0.400 e. The lowest BCUT2D eigenvalue weighted by Crippen LogP contribution is -2.11. The predicted molar refractivity (Wildman–Crippen MR) is 96.7 cm³/mol. The molecule has 1 nitrogen and oxygen atoms in total. The molecule has 0 amide bonds. The Hall–Kier alpha value is 0.420. The fourth-order valence-corrected chi connectivity index (χ4v) is 7.09. The van der Waals surface area contributed by atoms with Gasteiger partial charge in [0, 0.05) is 14.4 Å². The zero-order valence-corrected chi connectivity index (χ0v) is 15.4. The van der Waals surface area contributed by atoms with Crippen LogP contribution in [0.4, 0.5) is 0 Å². The minimum atomic E-state index is -0.664. The van der Waals surface area contributed by atoms with E-state index in [9.17, 15) is 0 Å². The van der Waals surface area contributed by atoms with Gasteiger partial charge in [0.25, 0.3) is 0 Å². The first-order valence-corrected chi connectivity index (χ1v) is 10.2. The predicted octanol–water partition coefficient (Wildman–Crippen LogP) is 5.62. The number of halogens is 1. The Balaban J connectivity index is -0.000000809. The molecule has 0 atom stereocenters. The summed E-state index contributed by atoms with van der Waals surface area (Å²) in [6, 6.07) is 0. The van der Waals surface area contributed by atoms with Crippen molar-refractivity contribution in [1.29, 1.82) is 0 Å². The smallest absolute Gasteiger partial charge is 0.0771 e. The second-order valence-corrected chi connectivity index (χ2v) is 9.43. The first kappa shape index (κ1) is 24.4. The number of aliphatic hydroxyl groups is 1. The van der Waals surface area contributed by atoms with Crippen LogP contribution in [0.5, 0.6) is 0 Å². The van der Waals surface area contributed by atoms with Crippen LogP contribution in [0.15, 0.2) is 12.7 Å². The molecule has 0 fully saturated rings. The van der Waals surface area contributed by atoms with E-state index in [4.69, 9.17) is 5.11 Å². The molecule has 0 aliphatic heterocycles. The molecule has 1 N–H and O–H groups in total. The summed E-state index contributed by atoms with van der Waals surface area (Å²) in [5.74, 6) is 0. The topological polar surface area (TPSA) is 20.2 Å². The molecule has 0 saturated carbocycles. The molecule has 0 radical (unpaired) electrons. The van der Waals surface area contributed by atoms with E-state index < -0.39 is 7.26 Å². The van der Waals surface area contributed by atoms with E-state index in [0.29, 0.717) is 0 Å². The molecule has 19 heavy (non-hydrogen) atoms. The van der Waals surface area contributed by atoms with Crippen molar-refractivity contribution >= 4 is 19.7 Å². The minimum absolute atomic E-state index is 0. The molecular weight excluding hydrogens is 275 g/mol. The van der Waals surface area contributed by atoms with E-state index in [1.165, 1.54) is 63.2 Å². The van der Waals surface area contributed by atoms with Crippen LogP contribution in [-0.2, 0) is 0 Å². The monoisotopic (exact) mass is 311 g/mol. The molecule has 118 valence electrons. The lowest BCUT2D eigenvalue weighted by Gasteiger charge is -2.26. The van der Waals surface area contributed by atoms with Crippen LogP contribution in [0.2, 0.25) is 0 Å². The Kier molecular flexibility index (Phi) is 23.7. The number of rotatable bonds is 11. The summed E-state index contributed by atoms with van der Waals surface area (Å²) in [6.45, 7) is 11.0. The van der Waals surface area contributed by atoms with Gasteiger partial charge in [0.15, 0.2) is 0 Å². The first-order chi connectivity index (χ1) is 8.74. The van der Waals surface area contributed by atoms with E-state index in [2.05, 4.69) is 33.4 Å². The Morgan fingerprint density at radius 2 is 1.16 bits per heavy atom. The zero-order valence-electron chi connectivity index (χ0n) is 13.7. The van der Waals surface area contributed by atoms with Gasteiger partial charge in [-0.3, -0.25) is 0 Å². The average molecular weight is 312 g/mol. The standard InChI is InChI=1S/C15H32P.CH4O.ClH/c1-5-9-13-16(12-8-4,14-10-6-2)15-11-7-3;1-2;/h8H,4-7,9-15H2,1-3H3;2H,1H3;1H/q+1;;. The van der Waals surface area contributed by atoms with Crippen LogP contribution in [0.25, 0.3) is 0 Å². The highest BCUT2D eigenvalue weighted by Crippen LogP contribution is 2.60. The Morgan fingerprint density at radius 1 is 0.842 bits per heavy atom. The van der Waals surface area contributed by atoms with Gasteiger partial charge in [-0.05, 0) is 19.3 Å². The summed E-state index contributed by atoms with van der Waals surface area (Å²) < 4.78 is 0. The normalized spacial score (nSPS) is 10.2. The maximum absolute atomic E-state index is 7.00. The van der Waals surface area contributed by atoms with E-state index in [1.807, 2.05) is 0 Å². The second kappa shape index (κ2) is 18.4. The molecule has 0 unspecified atom stereocenters. The van der Waals surface area contributed by atoms with Crippen molar-refractivity contribution in [2.24, 2.45) is 0 Å². The largest absolute Gasteiger partial charge is 0.400 e. The molecule has 0 aliphatic carbocycles. The third kappa shape index (κ3) is 13.2. The SMILES string of the molecule is C=CC[P+](CCCC)(CCCC)CCCC.CO.Cl. The highest BCUT2D eigenvalue weighted by Gasteiger charge is 2.33. The lowest BCUT2D eigenvalue weighted by molar-refractivity contribution is 0.399. The maximum Gasteiger partial charge on any atom is 0.0771 e. The van der Waals surface area contributed by atoms with Crippen molar-refractivity contribution in [2.45, 2.75) is 59.3 Å². The summed E-state index contributed by atoms with van der Waals surface area (Å²) in [7, 11) is 0.336. The van der Waals surface area contributed by atoms with Gasteiger partial charge in [-0.2, -0.15) is 0 Å². The quantitative estimate of drug-likeness (QED) is 0.388. The molecule has 0 saturated heterocycles. The third-order valence-corrected chi connectivity index (χ3v) is 8.30. The maximum atomic E-state index is 7.00. The van der Waals surface area contributed by atoms with Gasteiger partial charge >= 0.3 is 0 Å². The van der Waals surface area contributed by atoms with E-state index in [0.717, 1.165) is 7.11 Å². The lowest BCUT2D eigenvalue weighted by atomic mass is 10.4. The first-order valence-electron chi connectivity index (χ1n) is 7.65. The number of allylic oxidation sites excluding steroid dienone is 1. The molecule has 0 aromatic heterocycles. The molecule has 0 heterocycles. The van der Waals surface area contributed by atoms with Crippen molar-refractivity contribution in [3.05, 3.63) is 12.7 Å². The summed E-state index contributed by atoms with van der Waals surface area (Å²) in [5, 5.41) is 7.00. The van der Waals surface area contributed by atoms with Gasteiger partial charge < -0.3 is 5.11 Å². The van der Waals surface area contributed by atoms with Crippen molar-refractivity contribution in [3.63, 3.8) is 0 Å². The van der Waals surface area contributed by atoms with Crippen molar-refractivity contribution in [1.82, 2.24) is 0 Å². The van der Waals surface area contributed by atoms with Gasteiger partial charge in [0.2, 0.25) is 0 Å². The van der Waals surface area contributed by atoms with E-state index >= 15 is 0 Å². The zero-order chi connectivity index (χ0) is 14.3.